The van der Waals surface area contributed by atoms with Gasteiger partial charge in [-0.05, 0) is 30.9 Å². The first-order chi connectivity index (χ1) is 13.2. The molecular weight excluding hydrogens is 358 g/mol. The fraction of sp³-hybridized carbons (Fsp3) is 0.450. The Morgan fingerprint density at radius 3 is 2.81 bits per heavy atom. The number of rotatable bonds is 6. The normalized spacial score (nSPS) is 14.0. The van der Waals surface area contributed by atoms with E-state index in [4.69, 9.17) is 0 Å². The van der Waals surface area contributed by atoms with Crippen LogP contribution in [0.25, 0.3) is 0 Å². The van der Waals surface area contributed by atoms with E-state index in [1.807, 2.05) is 24.1 Å². The van der Waals surface area contributed by atoms with Crippen LogP contribution in [0.1, 0.15) is 34.9 Å². The van der Waals surface area contributed by atoms with E-state index in [-0.39, 0.29) is 12.5 Å². The predicted molar refractivity (Wildman–Crippen MR) is 110 cm³/mol. The van der Waals surface area contributed by atoms with Gasteiger partial charge in [-0.25, -0.2) is 9.98 Å². The van der Waals surface area contributed by atoms with Crippen LogP contribution in [-0.2, 0) is 30.7 Å². The standard InChI is InChI=1S/C20H27N5OS/c1-3-17-11-22-18(27-17)12-23-20(21-4-2)24-13-19(26)25-10-9-15-7-5-6-8-16(15)14-25/h5-8,11H,3-4,9-10,12-14H2,1-2H3,(H2,21,23,24). The van der Waals surface area contributed by atoms with Crippen molar-refractivity contribution in [2.45, 2.75) is 39.8 Å². The molecule has 1 aromatic heterocycles. The number of carbonyl (C=O) groups is 1. The van der Waals surface area contributed by atoms with Crippen molar-refractivity contribution in [3.05, 3.63) is 51.5 Å². The minimum absolute atomic E-state index is 0.0595. The highest BCUT2D eigenvalue weighted by Crippen LogP contribution is 2.18. The molecule has 1 amide bonds. The first-order valence-electron chi connectivity index (χ1n) is 9.50. The molecule has 0 unspecified atom stereocenters. The Morgan fingerprint density at radius 2 is 2.07 bits per heavy atom. The molecule has 0 bridgehead atoms. The zero-order valence-corrected chi connectivity index (χ0v) is 16.8. The van der Waals surface area contributed by atoms with Crippen molar-refractivity contribution in [1.82, 2.24) is 20.5 Å². The molecule has 2 N–H and O–H groups in total. The molecule has 2 heterocycles. The lowest BCUT2D eigenvalue weighted by molar-refractivity contribution is -0.130. The number of carbonyl (C=O) groups excluding carboxylic acids is 1. The van der Waals surface area contributed by atoms with Crippen molar-refractivity contribution >= 4 is 23.2 Å². The van der Waals surface area contributed by atoms with Gasteiger partial charge in [0.15, 0.2) is 5.96 Å². The lowest BCUT2D eigenvalue weighted by Gasteiger charge is -2.28. The van der Waals surface area contributed by atoms with E-state index in [2.05, 4.69) is 45.7 Å². The maximum Gasteiger partial charge on any atom is 0.244 e. The zero-order chi connectivity index (χ0) is 19.1. The Morgan fingerprint density at radius 1 is 1.26 bits per heavy atom. The molecule has 1 aliphatic rings. The average molecular weight is 386 g/mol. The molecule has 0 saturated heterocycles. The number of benzene rings is 1. The van der Waals surface area contributed by atoms with Crippen molar-refractivity contribution in [2.24, 2.45) is 4.99 Å². The highest BCUT2D eigenvalue weighted by Gasteiger charge is 2.20. The first-order valence-corrected chi connectivity index (χ1v) is 10.3. The number of nitrogens with one attached hydrogen (secondary N) is 2. The second-order valence-corrected chi connectivity index (χ2v) is 7.66. The summed E-state index contributed by atoms with van der Waals surface area (Å²) in [4.78, 5) is 24.6. The molecule has 0 saturated carbocycles. The quantitative estimate of drug-likeness (QED) is 0.592. The van der Waals surface area contributed by atoms with Crippen LogP contribution in [0.2, 0.25) is 0 Å². The molecule has 0 aliphatic carbocycles. The van der Waals surface area contributed by atoms with Gasteiger partial charge >= 0.3 is 0 Å². The molecule has 0 radical (unpaired) electrons. The molecule has 0 fully saturated rings. The van der Waals surface area contributed by atoms with Gasteiger partial charge in [0.05, 0.1) is 6.54 Å². The highest BCUT2D eigenvalue weighted by molar-refractivity contribution is 7.11. The maximum atomic E-state index is 12.6. The van der Waals surface area contributed by atoms with Crippen LogP contribution >= 0.6 is 11.3 Å². The van der Waals surface area contributed by atoms with Crippen molar-refractivity contribution < 1.29 is 4.79 Å². The number of amides is 1. The number of aromatic nitrogens is 1. The smallest absolute Gasteiger partial charge is 0.244 e. The van der Waals surface area contributed by atoms with Gasteiger partial charge in [-0.1, -0.05) is 31.2 Å². The van der Waals surface area contributed by atoms with E-state index in [0.29, 0.717) is 19.0 Å². The summed E-state index contributed by atoms with van der Waals surface area (Å²) in [5.41, 5.74) is 2.58. The lowest BCUT2D eigenvalue weighted by atomic mass is 10.00. The summed E-state index contributed by atoms with van der Waals surface area (Å²) in [5.74, 6) is 0.709. The third-order valence-corrected chi connectivity index (χ3v) is 5.70. The number of guanidine groups is 1. The number of thiazole rings is 1. The number of aliphatic imine (C=N–C) groups is 1. The lowest BCUT2D eigenvalue weighted by Crippen LogP contribution is -2.40. The van der Waals surface area contributed by atoms with E-state index in [0.717, 1.165) is 30.9 Å². The van der Waals surface area contributed by atoms with Crippen LogP contribution in [0.15, 0.2) is 35.5 Å². The van der Waals surface area contributed by atoms with Gasteiger partial charge in [-0.2, -0.15) is 0 Å². The summed E-state index contributed by atoms with van der Waals surface area (Å²) in [5, 5.41) is 7.48. The number of aryl methyl sites for hydroxylation is 1. The van der Waals surface area contributed by atoms with Gasteiger partial charge in [-0.15, -0.1) is 11.3 Å². The van der Waals surface area contributed by atoms with E-state index < -0.39 is 0 Å². The number of hydrogen-bond donors (Lipinski definition) is 2. The molecule has 1 aliphatic heterocycles. The van der Waals surface area contributed by atoms with Gasteiger partial charge in [0.25, 0.3) is 0 Å². The van der Waals surface area contributed by atoms with Crippen LogP contribution in [0, 0.1) is 0 Å². The largest absolute Gasteiger partial charge is 0.357 e. The fourth-order valence-electron chi connectivity index (χ4n) is 3.05. The van der Waals surface area contributed by atoms with Crippen LogP contribution in [-0.4, -0.2) is 41.4 Å². The molecule has 2 aromatic rings. The molecule has 6 nitrogen and oxygen atoms in total. The van der Waals surface area contributed by atoms with Gasteiger partial charge in [0, 0.05) is 30.7 Å². The first kappa shape index (κ1) is 19.4. The van der Waals surface area contributed by atoms with Crippen molar-refractivity contribution in [3.8, 4) is 0 Å². The summed E-state index contributed by atoms with van der Waals surface area (Å²) in [6.07, 6.45) is 3.83. The molecule has 3 rings (SSSR count). The Bertz CT molecular complexity index is 801. The van der Waals surface area contributed by atoms with Crippen molar-refractivity contribution in [1.29, 1.82) is 0 Å². The average Bonchev–Trinajstić information content (AvgIpc) is 3.17. The van der Waals surface area contributed by atoms with Crippen LogP contribution in [0.5, 0.6) is 0 Å². The summed E-state index contributed by atoms with van der Waals surface area (Å²) < 4.78 is 0. The zero-order valence-electron chi connectivity index (χ0n) is 16.0. The molecule has 144 valence electrons. The van der Waals surface area contributed by atoms with E-state index in [1.54, 1.807) is 11.3 Å². The van der Waals surface area contributed by atoms with E-state index in [9.17, 15) is 4.79 Å². The molecule has 0 spiro atoms. The summed E-state index contributed by atoms with van der Waals surface area (Å²) in [7, 11) is 0. The Labute approximate surface area is 164 Å². The minimum Gasteiger partial charge on any atom is -0.357 e. The van der Waals surface area contributed by atoms with Gasteiger partial charge in [-0.3, -0.25) is 4.79 Å². The van der Waals surface area contributed by atoms with Gasteiger partial charge in [0.1, 0.15) is 11.6 Å². The number of hydrogen-bond acceptors (Lipinski definition) is 4. The topological polar surface area (TPSA) is 69.6 Å². The molecule has 0 atom stereocenters. The van der Waals surface area contributed by atoms with E-state index in [1.165, 1.54) is 16.0 Å². The van der Waals surface area contributed by atoms with Gasteiger partial charge < -0.3 is 15.5 Å². The third-order valence-electron chi connectivity index (χ3n) is 4.56. The van der Waals surface area contributed by atoms with Crippen LogP contribution in [0.4, 0.5) is 0 Å². The van der Waals surface area contributed by atoms with Crippen molar-refractivity contribution in [3.63, 3.8) is 0 Å². The number of nitrogens with zero attached hydrogens (tertiary/aromatic N) is 3. The molecule has 27 heavy (non-hydrogen) atoms. The highest BCUT2D eigenvalue weighted by atomic mass is 32.1. The van der Waals surface area contributed by atoms with Crippen LogP contribution < -0.4 is 10.6 Å². The van der Waals surface area contributed by atoms with E-state index >= 15 is 0 Å². The molecule has 1 aromatic carbocycles. The Kier molecular flexibility index (Phi) is 6.81. The van der Waals surface area contributed by atoms with Gasteiger partial charge in [0.2, 0.25) is 5.91 Å². The Hall–Kier alpha value is -2.41. The monoisotopic (exact) mass is 385 g/mol. The summed E-state index contributed by atoms with van der Waals surface area (Å²) in [6.45, 7) is 7.08. The second kappa shape index (κ2) is 9.50. The minimum atomic E-state index is 0.0595. The molecule has 7 heteroatoms. The molecular formula is C20H27N5OS. The fourth-order valence-corrected chi connectivity index (χ4v) is 3.85. The predicted octanol–water partition coefficient (Wildman–Crippen LogP) is 2.35. The SMILES string of the molecule is CCNC(=NCC(=O)N1CCc2ccccc2C1)NCc1ncc(CC)s1. The van der Waals surface area contributed by atoms with Crippen molar-refractivity contribution in [2.75, 3.05) is 19.6 Å². The summed E-state index contributed by atoms with van der Waals surface area (Å²) in [6, 6.07) is 8.33. The number of fused-ring (bicyclic) bond motifs is 1. The maximum absolute atomic E-state index is 12.6. The Balaban J connectivity index is 1.55. The second-order valence-electron chi connectivity index (χ2n) is 6.46. The summed E-state index contributed by atoms with van der Waals surface area (Å²) >= 11 is 1.70. The van der Waals surface area contributed by atoms with Crippen LogP contribution in [0.3, 0.4) is 0 Å². The third kappa shape index (κ3) is 5.29.